The summed E-state index contributed by atoms with van der Waals surface area (Å²) >= 11 is 15.0. The molecule has 0 radical (unpaired) electrons. The van der Waals surface area contributed by atoms with Crippen molar-refractivity contribution in [3.63, 3.8) is 0 Å². The van der Waals surface area contributed by atoms with Crippen molar-refractivity contribution in [2.45, 2.75) is 0 Å². The lowest BCUT2D eigenvalue weighted by atomic mass is 10.2. The fourth-order valence-electron chi connectivity index (χ4n) is 2.57. The first-order valence-corrected chi connectivity index (χ1v) is 11.1. The van der Waals surface area contributed by atoms with Gasteiger partial charge >= 0.3 is 17.8 Å². The zero-order valence-electron chi connectivity index (χ0n) is 17.5. The van der Waals surface area contributed by atoms with Gasteiger partial charge in [0.2, 0.25) is 0 Å². The Bertz CT molecular complexity index is 1270. The van der Waals surface area contributed by atoms with Gasteiger partial charge in [-0.1, -0.05) is 39.1 Å². The van der Waals surface area contributed by atoms with Crippen LogP contribution in [0.15, 0.2) is 70.2 Å². The molecule has 0 saturated heterocycles. The average Bonchev–Trinajstić information content (AvgIpc) is 2.83. The molecule has 11 heteroatoms. The van der Waals surface area contributed by atoms with Crippen LogP contribution in [0.5, 0.6) is 11.5 Å². The van der Waals surface area contributed by atoms with Crippen LogP contribution in [0, 0.1) is 0 Å². The fourth-order valence-corrected chi connectivity index (χ4v) is 3.25. The minimum Gasteiger partial charge on any atom is -0.497 e. The topological polar surface area (TPSA) is 106 Å². The number of hydrogen-bond donors (Lipinski definition) is 2. The van der Waals surface area contributed by atoms with Crippen LogP contribution >= 0.6 is 39.1 Å². The Morgan fingerprint density at radius 1 is 0.941 bits per heavy atom. The van der Waals surface area contributed by atoms with Crippen LogP contribution in [0.4, 0.5) is 5.69 Å². The first-order chi connectivity index (χ1) is 16.3. The van der Waals surface area contributed by atoms with Crippen molar-refractivity contribution in [3.05, 3.63) is 86.3 Å². The number of nitrogens with zero attached hydrogens (tertiary/aromatic N) is 1. The molecule has 174 valence electrons. The Balaban J connectivity index is 1.66. The van der Waals surface area contributed by atoms with Crippen molar-refractivity contribution in [2.75, 3.05) is 12.4 Å². The summed E-state index contributed by atoms with van der Waals surface area (Å²) in [4.78, 5) is 36.6. The van der Waals surface area contributed by atoms with Crippen LogP contribution in [0.3, 0.4) is 0 Å². The average molecular weight is 565 g/mol. The van der Waals surface area contributed by atoms with E-state index in [1.54, 1.807) is 42.5 Å². The summed E-state index contributed by atoms with van der Waals surface area (Å²) in [6.45, 7) is 0. The maximum Gasteiger partial charge on any atom is 0.343 e. The van der Waals surface area contributed by atoms with E-state index in [1.165, 1.54) is 31.5 Å². The van der Waals surface area contributed by atoms with E-state index in [0.717, 1.165) is 0 Å². The molecule has 2 amide bonds. The molecular formula is C23H16BrCl2N3O5. The molecule has 3 aromatic carbocycles. The molecular weight excluding hydrogens is 549 g/mol. The smallest absolute Gasteiger partial charge is 0.343 e. The SMILES string of the molecule is COc1ccc(C(=O)Oc2ccc(Br)cc2/C=N\NC(=O)C(=O)Nc2ccc(Cl)c(Cl)c2)cc1. The molecule has 0 aliphatic carbocycles. The minimum atomic E-state index is -1.02. The van der Waals surface area contributed by atoms with Crippen molar-refractivity contribution in [1.82, 2.24) is 5.43 Å². The van der Waals surface area contributed by atoms with E-state index in [0.29, 0.717) is 32.1 Å². The van der Waals surface area contributed by atoms with Gasteiger partial charge in [0.25, 0.3) is 0 Å². The monoisotopic (exact) mass is 563 g/mol. The number of methoxy groups -OCH3 is 1. The first-order valence-electron chi connectivity index (χ1n) is 9.52. The van der Waals surface area contributed by atoms with Gasteiger partial charge in [-0.25, -0.2) is 10.2 Å². The second kappa shape index (κ2) is 11.6. The number of esters is 1. The summed E-state index contributed by atoms with van der Waals surface area (Å²) in [7, 11) is 1.52. The number of nitrogens with one attached hydrogen (secondary N) is 2. The van der Waals surface area contributed by atoms with Crippen LogP contribution in [0.25, 0.3) is 0 Å². The zero-order valence-corrected chi connectivity index (χ0v) is 20.6. The highest BCUT2D eigenvalue weighted by Crippen LogP contribution is 2.25. The lowest BCUT2D eigenvalue weighted by Crippen LogP contribution is -2.32. The molecule has 3 aromatic rings. The van der Waals surface area contributed by atoms with Crippen molar-refractivity contribution in [1.29, 1.82) is 0 Å². The third kappa shape index (κ3) is 6.80. The molecule has 0 atom stereocenters. The van der Waals surface area contributed by atoms with Gasteiger partial charge in [-0.15, -0.1) is 0 Å². The number of benzene rings is 3. The fraction of sp³-hybridized carbons (Fsp3) is 0.0435. The Labute approximate surface area is 213 Å². The van der Waals surface area contributed by atoms with Crippen molar-refractivity contribution in [2.24, 2.45) is 5.10 Å². The molecule has 2 N–H and O–H groups in total. The third-order valence-electron chi connectivity index (χ3n) is 4.25. The second-order valence-corrected chi connectivity index (χ2v) is 8.31. The van der Waals surface area contributed by atoms with Crippen molar-refractivity contribution < 1.29 is 23.9 Å². The van der Waals surface area contributed by atoms with Gasteiger partial charge in [0.15, 0.2) is 0 Å². The molecule has 0 aromatic heterocycles. The molecule has 34 heavy (non-hydrogen) atoms. The maximum atomic E-state index is 12.5. The van der Waals surface area contributed by atoms with E-state index in [-0.39, 0.29) is 10.8 Å². The van der Waals surface area contributed by atoms with Gasteiger partial charge in [0, 0.05) is 15.7 Å². The molecule has 0 bridgehead atoms. The molecule has 0 aliphatic rings. The lowest BCUT2D eigenvalue weighted by Gasteiger charge is -2.09. The molecule has 0 saturated carbocycles. The Morgan fingerprint density at radius 2 is 1.68 bits per heavy atom. The number of rotatable bonds is 6. The van der Waals surface area contributed by atoms with Crippen LogP contribution in [0.2, 0.25) is 10.0 Å². The summed E-state index contributed by atoms with van der Waals surface area (Å²) in [5.41, 5.74) is 3.10. The van der Waals surface area contributed by atoms with Crippen molar-refractivity contribution in [3.8, 4) is 11.5 Å². The number of halogens is 3. The molecule has 0 spiro atoms. The van der Waals surface area contributed by atoms with Crippen molar-refractivity contribution >= 4 is 68.8 Å². The molecule has 0 aliphatic heterocycles. The van der Waals surface area contributed by atoms with Crippen LogP contribution in [-0.2, 0) is 9.59 Å². The Hall–Kier alpha value is -3.40. The van der Waals surface area contributed by atoms with Crippen LogP contribution in [-0.4, -0.2) is 31.1 Å². The van der Waals surface area contributed by atoms with Crippen LogP contribution in [0.1, 0.15) is 15.9 Å². The van der Waals surface area contributed by atoms with E-state index in [9.17, 15) is 14.4 Å². The van der Waals surface area contributed by atoms with Crippen LogP contribution < -0.4 is 20.2 Å². The van der Waals surface area contributed by atoms with E-state index >= 15 is 0 Å². The van der Waals surface area contributed by atoms with Gasteiger partial charge in [-0.2, -0.15) is 5.10 Å². The number of hydrogen-bond acceptors (Lipinski definition) is 6. The number of carbonyl (C=O) groups is 3. The largest absolute Gasteiger partial charge is 0.497 e. The number of amides is 2. The first kappa shape index (κ1) is 25.2. The highest BCUT2D eigenvalue weighted by Gasteiger charge is 2.15. The molecule has 0 unspecified atom stereocenters. The molecule has 3 rings (SSSR count). The maximum absolute atomic E-state index is 12.5. The summed E-state index contributed by atoms with van der Waals surface area (Å²) in [6, 6.07) is 15.7. The van der Waals surface area contributed by atoms with E-state index < -0.39 is 17.8 Å². The predicted octanol–water partition coefficient (Wildman–Crippen LogP) is 5.07. The number of hydrazone groups is 1. The number of carbonyl (C=O) groups excluding carboxylic acids is 3. The highest BCUT2D eigenvalue weighted by atomic mass is 79.9. The zero-order chi connectivity index (χ0) is 24.7. The van der Waals surface area contributed by atoms with Gasteiger partial charge in [-0.05, 0) is 60.7 Å². The normalized spacial score (nSPS) is 10.6. The minimum absolute atomic E-state index is 0.197. The van der Waals surface area contributed by atoms with Gasteiger partial charge < -0.3 is 14.8 Å². The molecule has 0 heterocycles. The van der Waals surface area contributed by atoms with Gasteiger partial charge in [-0.3, -0.25) is 9.59 Å². The highest BCUT2D eigenvalue weighted by molar-refractivity contribution is 9.10. The molecule has 8 nitrogen and oxygen atoms in total. The second-order valence-electron chi connectivity index (χ2n) is 6.58. The van der Waals surface area contributed by atoms with Gasteiger partial charge in [0.1, 0.15) is 11.5 Å². The number of anilines is 1. The summed E-state index contributed by atoms with van der Waals surface area (Å²) < 4.78 is 11.2. The Kier molecular flexibility index (Phi) is 8.64. The van der Waals surface area contributed by atoms with E-state index in [2.05, 4.69) is 31.8 Å². The summed E-state index contributed by atoms with van der Waals surface area (Å²) in [5.74, 6) is -1.77. The standard InChI is InChI=1S/C23H16BrCl2N3O5/c1-33-17-6-2-13(3-7-17)23(32)34-20-9-4-15(24)10-14(20)12-27-29-22(31)21(30)28-16-5-8-18(25)19(26)11-16/h2-12H,1H3,(H,28,30)(H,29,31)/b27-12-. The summed E-state index contributed by atoms with van der Waals surface area (Å²) in [5, 5.41) is 6.69. The van der Waals surface area contributed by atoms with E-state index in [4.69, 9.17) is 32.7 Å². The third-order valence-corrected chi connectivity index (χ3v) is 5.49. The van der Waals surface area contributed by atoms with Gasteiger partial charge in [0.05, 0.1) is 28.9 Å². The predicted molar refractivity (Wildman–Crippen MR) is 133 cm³/mol. The number of ether oxygens (including phenoxy) is 2. The van der Waals surface area contributed by atoms with E-state index in [1.807, 2.05) is 0 Å². The lowest BCUT2D eigenvalue weighted by molar-refractivity contribution is -0.136. The summed E-state index contributed by atoms with van der Waals surface area (Å²) in [6.07, 6.45) is 1.24. The molecule has 0 fully saturated rings. The Morgan fingerprint density at radius 3 is 2.35 bits per heavy atom. The quantitative estimate of drug-likeness (QED) is 0.143.